The lowest BCUT2D eigenvalue weighted by Gasteiger charge is -2.32. The molecule has 0 atom stereocenters. The van der Waals surface area contributed by atoms with Crippen LogP contribution in [0, 0.1) is 6.92 Å². The summed E-state index contributed by atoms with van der Waals surface area (Å²) in [5, 5.41) is 3.68. The molecule has 1 aliphatic rings. The average molecular weight is 580 g/mol. The molecule has 3 aromatic heterocycles. The maximum Gasteiger partial charge on any atom is 0.264 e. The van der Waals surface area contributed by atoms with Crippen LogP contribution in [-0.2, 0) is 16.4 Å². The molecule has 4 aromatic rings. The van der Waals surface area contributed by atoms with Gasteiger partial charge in [0.2, 0.25) is 5.95 Å². The molecule has 1 aromatic carbocycles. The second-order valence-corrected chi connectivity index (χ2v) is 12.5. The molecule has 0 aliphatic heterocycles. The maximum absolute atomic E-state index is 12.8. The highest BCUT2D eigenvalue weighted by Gasteiger charge is 2.23. The third-order valence-electron chi connectivity index (χ3n) is 7.49. The van der Waals surface area contributed by atoms with Crippen LogP contribution in [0.2, 0.25) is 5.02 Å². The van der Waals surface area contributed by atoms with Gasteiger partial charge < -0.3 is 10.2 Å². The van der Waals surface area contributed by atoms with Crippen molar-refractivity contribution in [1.29, 1.82) is 0 Å². The predicted octanol–water partition coefficient (Wildman–Crippen LogP) is 5.70. The summed E-state index contributed by atoms with van der Waals surface area (Å²) >= 11 is 6.10. The molecule has 3 heterocycles. The van der Waals surface area contributed by atoms with E-state index >= 15 is 0 Å². The molecule has 1 saturated carbocycles. The standard InChI is InChI=1S/C29H34ClN7O2S/c1-5-19-16-24(22-14-15-27(32-18(22)2)36-40(38,39)26-9-7-6-8-23(26)30)34-25-17-31-29(35-28(19)25)33-20-10-12-21(13-11-20)37(3)4/h6-9,14-17,20-21H,5,10-13H2,1-4H3,(H,32,36)(H,31,33,35)/t20-,21-. The number of anilines is 2. The van der Waals surface area contributed by atoms with Gasteiger partial charge in [0, 0.05) is 23.3 Å². The van der Waals surface area contributed by atoms with Gasteiger partial charge in [0.25, 0.3) is 10.0 Å². The van der Waals surface area contributed by atoms with Gasteiger partial charge in [-0.05, 0) is 89.0 Å². The van der Waals surface area contributed by atoms with Crippen LogP contribution in [0.3, 0.4) is 0 Å². The Morgan fingerprint density at radius 2 is 1.77 bits per heavy atom. The number of aromatic nitrogens is 4. The zero-order chi connectivity index (χ0) is 28.4. The summed E-state index contributed by atoms with van der Waals surface area (Å²) in [7, 11) is 0.410. The number of sulfonamides is 1. The van der Waals surface area contributed by atoms with Crippen molar-refractivity contribution in [3.8, 4) is 11.3 Å². The van der Waals surface area contributed by atoms with E-state index in [0.29, 0.717) is 29.2 Å². The number of hydrogen-bond acceptors (Lipinski definition) is 8. The summed E-state index contributed by atoms with van der Waals surface area (Å²) in [4.78, 5) is 21.1. The van der Waals surface area contributed by atoms with E-state index in [9.17, 15) is 8.42 Å². The summed E-state index contributed by atoms with van der Waals surface area (Å²) in [6, 6.07) is 12.8. The molecule has 0 saturated heterocycles. The van der Waals surface area contributed by atoms with E-state index in [-0.39, 0.29) is 15.7 Å². The molecule has 2 N–H and O–H groups in total. The molecule has 5 rings (SSSR count). The van der Waals surface area contributed by atoms with Crippen LogP contribution >= 0.6 is 11.6 Å². The van der Waals surface area contributed by atoms with Crippen molar-refractivity contribution in [2.45, 2.75) is 62.9 Å². The van der Waals surface area contributed by atoms with Crippen LogP contribution in [0.25, 0.3) is 22.3 Å². The van der Waals surface area contributed by atoms with E-state index < -0.39 is 10.0 Å². The normalized spacial score (nSPS) is 17.8. The lowest BCUT2D eigenvalue weighted by molar-refractivity contribution is 0.221. The fourth-order valence-corrected chi connectivity index (χ4v) is 6.75. The molecule has 1 aliphatic carbocycles. The molecule has 11 heteroatoms. The first-order valence-corrected chi connectivity index (χ1v) is 15.4. The van der Waals surface area contributed by atoms with Crippen molar-refractivity contribution in [2.24, 2.45) is 0 Å². The van der Waals surface area contributed by atoms with Gasteiger partial charge in [0.15, 0.2) is 0 Å². The third-order valence-corrected chi connectivity index (χ3v) is 9.35. The van der Waals surface area contributed by atoms with Crippen molar-refractivity contribution in [3.63, 3.8) is 0 Å². The van der Waals surface area contributed by atoms with E-state index in [2.05, 4.69) is 45.9 Å². The van der Waals surface area contributed by atoms with E-state index in [4.69, 9.17) is 21.6 Å². The van der Waals surface area contributed by atoms with Crippen molar-refractivity contribution in [2.75, 3.05) is 24.1 Å². The summed E-state index contributed by atoms with van der Waals surface area (Å²) in [6.45, 7) is 3.92. The zero-order valence-electron chi connectivity index (χ0n) is 23.1. The second-order valence-electron chi connectivity index (χ2n) is 10.4. The van der Waals surface area contributed by atoms with Gasteiger partial charge in [0.1, 0.15) is 16.2 Å². The Morgan fingerprint density at radius 1 is 1.02 bits per heavy atom. The quantitative estimate of drug-likeness (QED) is 0.273. The molecule has 0 radical (unpaired) electrons. The highest BCUT2D eigenvalue weighted by molar-refractivity contribution is 7.92. The summed E-state index contributed by atoms with van der Waals surface area (Å²) in [6.07, 6.45) is 7.07. The summed E-state index contributed by atoms with van der Waals surface area (Å²) < 4.78 is 28.2. The Hall–Kier alpha value is -3.34. The first-order valence-electron chi connectivity index (χ1n) is 13.5. The first-order chi connectivity index (χ1) is 19.1. The van der Waals surface area contributed by atoms with E-state index in [1.807, 2.05) is 19.1 Å². The Balaban J connectivity index is 1.37. The number of fused-ring (bicyclic) bond motifs is 1. The SMILES string of the molecule is CCc1cc(-c2ccc(NS(=O)(=O)c3ccccc3Cl)nc2C)nc2cnc(N[C@H]3CC[C@H](N(C)C)CC3)nc12. The van der Waals surface area contributed by atoms with Gasteiger partial charge in [-0.15, -0.1) is 0 Å². The van der Waals surface area contributed by atoms with Crippen LogP contribution in [0.5, 0.6) is 0 Å². The van der Waals surface area contributed by atoms with Crippen molar-refractivity contribution < 1.29 is 8.42 Å². The number of nitrogens with zero attached hydrogens (tertiary/aromatic N) is 5. The highest BCUT2D eigenvalue weighted by Crippen LogP contribution is 2.29. The smallest absolute Gasteiger partial charge is 0.264 e. The summed E-state index contributed by atoms with van der Waals surface area (Å²) in [5.74, 6) is 0.842. The number of aryl methyl sites for hydroxylation is 2. The Bertz CT molecular complexity index is 1640. The predicted molar refractivity (Wildman–Crippen MR) is 160 cm³/mol. The average Bonchev–Trinajstić information content (AvgIpc) is 2.93. The van der Waals surface area contributed by atoms with Gasteiger partial charge >= 0.3 is 0 Å². The molecular weight excluding hydrogens is 546 g/mol. The minimum atomic E-state index is -3.88. The Labute approximate surface area is 240 Å². The Kier molecular flexibility index (Phi) is 8.21. The van der Waals surface area contributed by atoms with Crippen LogP contribution < -0.4 is 10.0 Å². The van der Waals surface area contributed by atoms with Gasteiger partial charge in [-0.25, -0.2) is 28.4 Å². The number of pyridine rings is 2. The van der Waals surface area contributed by atoms with Crippen molar-refractivity contribution in [1.82, 2.24) is 24.8 Å². The Morgan fingerprint density at radius 3 is 2.45 bits per heavy atom. The number of nitrogens with one attached hydrogen (secondary N) is 2. The van der Waals surface area contributed by atoms with Crippen LogP contribution in [0.4, 0.5) is 11.8 Å². The molecule has 0 bridgehead atoms. The second kappa shape index (κ2) is 11.6. The fourth-order valence-electron chi connectivity index (χ4n) is 5.23. The number of benzene rings is 1. The van der Waals surface area contributed by atoms with E-state index in [0.717, 1.165) is 54.4 Å². The fraction of sp³-hybridized carbons (Fsp3) is 0.379. The largest absolute Gasteiger partial charge is 0.351 e. The van der Waals surface area contributed by atoms with Gasteiger partial charge in [-0.1, -0.05) is 30.7 Å². The van der Waals surface area contributed by atoms with Crippen molar-refractivity contribution >= 4 is 44.4 Å². The minimum absolute atomic E-state index is 0.000848. The highest BCUT2D eigenvalue weighted by atomic mass is 35.5. The van der Waals surface area contributed by atoms with Gasteiger partial charge in [0.05, 0.1) is 22.4 Å². The van der Waals surface area contributed by atoms with E-state index in [1.165, 1.54) is 12.1 Å². The van der Waals surface area contributed by atoms with E-state index in [1.54, 1.807) is 24.4 Å². The summed E-state index contributed by atoms with van der Waals surface area (Å²) in [5.41, 5.74) is 4.78. The molecule has 0 unspecified atom stereocenters. The maximum atomic E-state index is 12.8. The number of hydrogen-bond donors (Lipinski definition) is 2. The van der Waals surface area contributed by atoms with Crippen LogP contribution in [0.1, 0.15) is 43.9 Å². The van der Waals surface area contributed by atoms with Gasteiger partial charge in [-0.3, -0.25) is 4.72 Å². The topological polar surface area (TPSA) is 113 Å². The molecule has 0 amide bonds. The molecule has 210 valence electrons. The zero-order valence-corrected chi connectivity index (χ0v) is 24.7. The first kappa shape index (κ1) is 28.2. The lowest BCUT2D eigenvalue weighted by Crippen LogP contribution is -2.36. The molecule has 0 spiro atoms. The van der Waals surface area contributed by atoms with Crippen molar-refractivity contribution in [3.05, 3.63) is 64.9 Å². The molecular formula is C29H34ClN7O2S. The molecule has 40 heavy (non-hydrogen) atoms. The van der Waals surface area contributed by atoms with Crippen LogP contribution in [-0.4, -0.2) is 59.4 Å². The monoisotopic (exact) mass is 579 g/mol. The lowest BCUT2D eigenvalue weighted by atomic mass is 9.91. The molecule has 1 fully saturated rings. The number of halogens is 1. The van der Waals surface area contributed by atoms with Gasteiger partial charge in [-0.2, -0.15) is 0 Å². The van der Waals surface area contributed by atoms with Crippen LogP contribution in [0.15, 0.2) is 53.6 Å². The minimum Gasteiger partial charge on any atom is -0.351 e. The molecule has 9 nitrogen and oxygen atoms in total. The third kappa shape index (κ3) is 6.04. The number of rotatable bonds is 8.